The molecule has 104 valence electrons. The second-order valence-corrected chi connectivity index (χ2v) is 4.65. The van der Waals surface area contributed by atoms with Gasteiger partial charge in [0.25, 0.3) is 0 Å². The second-order valence-electron chi connectivity index (χ2n) is 4.22. The Kier molecular flexibility index (Phi) is 4.74. The molecule has 2 nitrogen and oxygen atoms in total. The molecular weight excluding hydrogens is 279 g/mol. The molecule has 0 aliphatic heterocycles. The van der Waals surface area contributed by atoms with Crippen LogP contribution in [0.15, 0.2) is 48.5 Å². The van der Waals surface area contributed by atoms with E-state index < -0.39 is 11.3 Å². The molecule has 0 saturated carbocycles. The van der Waals surface area contributed by atoms with Gasteiger partial charge in [0, 0.05) is 5.56 Å². The molecule has 0 fully saturated rings. The predicted molar refractivity (Wildman–Crippen MR) is 77.1 cm³/mol. The van der Waals surface area contributed by atoms with Gasteiger partial charge in [-0.05, 0) is 24.1 Å². The Morgan fingerprint density at radius 3 is 2.45 bits per heavy atom. The highest BCUT2D eigenvalue weighted by atomic mass is 35.5. The van der Waals surface area contributed by atoms with Gasteiger partial charge in [-0.1, -0.05) is 42.5 Å². The van der Waals surface area contributed by atoms with Crippen molar-refractivity contribution >= 4 is 17.6 Å². The topological polar surface area (TPSA) is 26.3 Å². The molecule has 0 amide bonds. The maximum atomic E-state index is 13.7. The minimum absolute atomic E-state index is 0.284. The number of esters is 1. The Hall–Kier alpha value is -1.87. The molecule has 2 rings (SSSR count). The quantitative estimate of drug-likeness (QED) is 0.619. The van der Waals surface area contributed by atoms with Gasteiger partial charge in [-0.2, -0.15) is 0 Å². The fourth-order valence-electron chi connectivity index (χ4n) is 1.88. The lowest BCUT2D eigenvalue weighted by atomic mass is 10.0. The summed E-state index contributed by atoms with van der Waals surface area (Å²) in [4.78, 5) is 11.5. The zero-order chi connectivity index (χ0) is 14.5. The van der Waals surface area contributed by atoms with E-state index in [0.717, 1.165) is 5.56 Å². The summed E-state index contributed by atoms with van der Waals surface area (Å²) in [6, 6.07) is 13.4. The Morgan fingerprint density at radius 1 is 1.20 bits per heavy atom. The van der Waals surface area contributed by atoms with Crippen LogP contribution >= 0.6 is 11.6 Å². The molecule has 0 spiro atoms. The fourth-order valence-corrected chi connectivity index (χ4v) is 2.09. The van der Waals surface area contributed by atoms with E-state index in [2.05, 4.69) is 0 Å². The summed E-state index contributed by atoms with van der Waals surface area (Å²) in [5, 5.41) is -0.843. The van der Waals surface area contributed by atoms with Gasteiger partial charge in [0.2, 0.25) is 0 Å². The van der Waals surface area contributed by atoms with E-state index in [4.69, 9.17) is 16.3 Å². The molecular formula is C16H14ClFO2. The first-order chi connectivity index (χ1) is 9.63. The molecule has 0 aliphatic carbocycles. The average molecular weight is 293 g/mol. The normalized spacial score (nSPS) is 11.9. The standard InChI is InChI=1S/C16H14ClFO2/c1-2-20-16(19)15(17)12-9-7-11(8-10-12)13-5-3-4-6-14(13)18/h3-10,15H,2H2,1H3. The van der Waals surface area contributed by atoms with Crippen LogP contribution in [0.4, 0.5) is 4.39 Å². The van der Waals surface area contributed by atoms with Gasteiger partial charge < -0.3 is 4.74 Å². The Bertz CT molecular complexity index is 596. The van der Waals surface area contributed by atoms with Crippen molar-refractivity contribution in [3.05, 3.63) is 59.9 Å². The summed E-state index contributed by atoms with van der Waals surface area (Å²) in [5.74, 6) is -0.763. The van der Waals surface area contributed by atoms with Gasteiger partial charge in [0.05, 0.1) is 6.61 Å². The molecule has 0 aliphatic rings. The van der Waals surface area contributed by atoms with Gasteiger partial charge >= 0.3 is 5.97 Å². The van der Waals surface area contributed by atoms with E-state index in [0.29, 0.717) is 11.1 Å². The van der Waals surface area contributed by atoms with E-state index in [1.807, 2.05) is 0 Å². The van der Waals surface area contributed by atoms with Crippen LogP contribution < -0.4 is 0 Å². The van der Waals surface area contributed by atoms with Crippen LogP contribution in [0.25, 0.3) is 11.1 Å². The highest BCUT2D eigenvalue weighted by molar-refractivity contribution is 6.29. The minimum atomic E-state index is -0.843. The Morgan fingerprint density at radius 2 is 1.85 bits per heavy atom. The van der Waals surface area contributed by atoms with Gasteiger partial charge in [0.15, 0.2) is 5.38 Å². The predicted octanol–water partition coefficient (Wildman–Crippen LogP) is 4.34. The molecule has 2 aromatic rings. The van der Waals surface area contributed by atoms with Crippen LogP contribution in [0.1, 0.15) is 17.9 Å². The van der Waals surface area contributed by atoms with Crippen molar-refractivity contribution in [2.75, 3.05) is 6.61 Å². The second kappa shape index (κ2) is 6.53. The van der Waals surface area contributed by atoms with Gasteiger partial charge in [-0.3, -0.25) is 4.79 Å². The summed E-state index contributed by atoms with van der Waals surface area (Å²) in [7, 11) is 0. The lowest BCUT2D eigenvalue weighted by molar-refractivity contribution is -0.142. The molecule has 0 radical (unpaired) electrons. The summed E-state index contributed by atoms with van der Waals surface area (Å²) in [6.07, 6.45) is 0. The van der Waals surface area contributed by atoms with Gasteiger partial charge in [-0.25, -0.2) is 4.39 Å². The third kappa shape index (κ3) is 3.17. The molecule has 0 heterocycles. The van der Waals surface area contributed by atoms with Crippen molar-refractivity contribution in [2.24, 2.45) is 0 Å². The van der Waals surface area contributed by atoms with E-state index in [1.54, 1.807) is 49.4 Å². The highest BCUT2D eigenvalue weighted by Crippen LogP contribution is 2.27. The first-order valence-electron chi connectivity index (χ1n) is 6.29. The first-order valence-corrected chi connectivity index (χ1v) is 6.72. The molecule has 20 heavy (non-hydrogen) atoms. The number of halogens is 2. The van der Waals surface area contributed by atoms with Gasteiger partial charge in [-0.15, -0.1) is 11.6 Å². The van der Waals surface area contributed by atoms with E-state index in [1.165, 1.54) is 6.07 Å². The molecule has 2 aromatic carbocycles. The smallest absolute Gasteiger partial charge is 0.328 e. The third-order valence-corrected chi connectivity index (χ3v) is 3.31. The van der Waals surface area contributed by atoms with Crippen molar-refractivity contribution in [1.29, 1.82) is 0 Å². The molecule has 0 saturated heterocycles. The summed E-state index contributed by atoms with van der Waals surface area (Å²) in [6.45, 7) is 2.01. The molecule has 1 atom stereocenters. The Balaban J connectivity index is 2.23. The number of alkyl halides is 1. The zero-order valence-electron chi connectivity index (χ0n) is 11.0. The van der Waals surface area contributed by atoms with Crippen molar-refractivity contribution < 1.29 is 13.9 Å². The van der Waals surface area contributed by atoms with E-state index in [-0.39, 0.29) is 12.4 Å². The number of hydrogen-bond donors (Lipinski definition) is 0. The summed E-state index contributed by atoms with van der Waals surface area (Å²) in [5.41, 5.74) is 1.88. The summed E-state index contributed by atoms with van der Waals surface area (Å²) >= 11 is 6.02. The maximum Gasteiger partial charge on any atom is 0.328 e. The van der Waals surface area contributed by atoms with Crippen LogP contribution in [0, 0.1) is 5.82 Å². The minimum Gasteiger partial charge on any atom is -0.465 e. The number of carbonyl (C=O) groups is 1. The number of rotatable bonds is 4. The molecule has 0 N–H and O–H groups in total. The molecule has 1 unspecified atom stereocenters. The lowest BCUT2D eigenvalue weighted by Crippen LogP contribution is -2.10. The Labute approximate surface area is 122 Å². The van der Waals surface area contributed by atoms with Crippen LogP contribution in [0.2, 0.25) is 0 Å². The van der Waals surface area contributed by atoms with E-state index in [9.17, 15) is 9.18 Å². The largest absolute Gasteiger partial charge is 0.465 e. The van der Waals surface area contributed by atoms with Crippen molar-refractivity contribution in [2.45, 2.75) is 12.3 Å². The average Bonchev–Trinajstić information content (AvgIpc) is 2.47. The first kappa shape index (κ1) is 14.5. The van der Waals surface area contributed by atoms with Crippen LogP contribution in [0.3, 0.4) is 0 Å². The van der Waals surface area contributed by atoms with Crippen LogP contribution in [0.5, 0.6) is 0 Å². The number of carbonyl (C=O) groups excluding carboxylic acids is 1. The number of benzene rings is 2. The molecule has 0 aromatic heterocycles. The summed E-state index contributed by atoms with van der Waals surface area (Å²) < 4.78 is 18.5. The number of ether oxygens (including phenoxy) is 1. The fraction of sp³-hybridized carbons (Fsp3) is 0.188. The zero-order valence-corrected chi connectivity index (χ0v) is 11.7. The molecule has 0 bridgehead atoms. The maximum absolute atomic E-state index is 13.7. The molecule has 4 heteroatoms. The van der Waals surface area contributed by atoms with Crippen molar-refractivity contribution in [3.63, 3.8) is 0 Å². The lowest BCUT2D eigenvalue weighted by Gasteiger charge is -2.10. The van der Waals surface area contributed by atoms with Crippen molar-refractivity contribution in [1.82, 2.24) is 0 Å². The van der Waals surface area contributed by atoms with Crippen LogP contribution in [-0.2, 0) is 9.53 Å². The van der Waals surface area contributed by atoms with Crippen LogP contribution in [-0.4, -0.2) is 12.6 Å². The van der Waals surface area contributed by atoms with E-state index >= 15 is 0 Å². The third-order valence-electron chi connectivity index (χ3n) is 2.88. The highest BCUT2D eigenvalue weighted by Gasteiger charge is 2.18. The van der Waals surface area contributed by atoms with Gasteiger partial charge in [0.1, 0.15) is 5.82 Å². The number of hydrogen-bond acceptors (Lipinski definition) is 2. The van der Waals surface area contributed by atoms with Crippen molar-refractivity contribution in [3.8, 4) is 11.1 Å². The SMILES string of the molecule is CCOC(=O)C(Cl)c1ccc(-c2ccccc2F)cc1. The monoisotopic (exact) mass is 292 g/mol.